The molecule has 0 aromatic carbocycles. The van der Waals surface area contributed by atoms with Crippen LogP contribution in [0.1, 0.15) is 13.3 Å². The fourth-order valence-electron chi connectivity index (χ4n) is 2.06. The van der Waals surface area contributed by atoms with Crippen molar-refractivity contribution in [2.75, 3.05) is 18.0 Å². The summed E-state index contributed by atoms with van der Waals surface area (Å²) in [6.45, 7) is 3.93. The minimum atomic E-state index is 0.182. The summed E-state index contributed by atoms with van der Waals surface area (Å²) < 4.78 is 3.81. The zero-order valence-corrected chi connectivity index (χ0v) is 10.9. The molecule has 0 amide bonds. The second-order valence-corrected chi connectivity index (χ2v) is 5.26. The first kappa shape index (κ1) is 11.5. The quantitative estimate of drug-likeness (QED) is 0.820. The Morgan fingerprint density at radius 3 is 3.17 bits per heavy atom. The van der Waals surface area contributed by atoms with Crippen molar-refractivity contribution in [3.63, 3.8) is 0 Å². The number of aromatic nitrogens is 5. The number of H-pyrrole nitrogens is 1. The first-order valence-electron chi connectivity index (χ1n) is 5.94. The number of nitrogens with zero attached hydrogens (tertiary/aromatic N) is 5. The van der Waals surface area contributed by atoms with Gasteiger partial charge in [0.05, 0.1) is 0 Å². The van der Waals surface area contributed by atoms with E-state index in [0.29, 0.717) is 17.7 Å². The maximum Gasteiger partial charge on any atom is 0.245 e. The van der Waals surface area contributed by atoms with Crippen LogP contribution in [0.25, 0.3) is 11.5 Å². The molecule has 1 saturated heterocycles. The highest BCUT2D eigenvalue weighted by molar-refractivity contribution is 7.03. The fraction of sp³-hybridized carbons (Fsp3) is 0.600. The first-order valence-corrected chi connectivity index (χ1v) is 6.78. The van der Waals surface area contributed by atoms with Crippen molar-refractivity contribution in [1.82, 2.24) is 24.8 Å². The van der Waals surface area contributed by atoms with Gasteiger partial charge in [-0.2, -0.15) is 4.98 Å². The summed E-state index contributed by atoms with van der Waals surface area (Å²) in [6.07, 6.45) is 1.07. The lowest BCUT2D eigenvalue weighted by molar-refractivity contribution is 0.376. The van der Waals surface area contributed by atoms with Gasteiger partial charge in [-0.25, -0.2) is 0 Å². The van der Waals surface area contributed by atoms with Crippen molar-refractivity contribution < 1.29 is 0 Å². The normalized spacial score (nSPS) is 24.4. The van der Waals surface area contributed by atoms with E-state index in [0.717, 1.165) is 25.2 Å². The molecule has 2 aromatic heterocycles. The SMILES string of the molecule is CC1CCN(c2n[nH]c(-c3csnn3)n2)CC1N. The molecule has 1 fully saturated rings. The Labute approximate surface area is 109 Å². The molecule has 96 valence electrons. The third-order valence-corrected chi connectivity index (χ3v) is 3.88. The van der Waals surface area contributed by atoms with E-state index in [4.69, 9.17) is 5.73 Å². The zero-order chi connectivity index (χ0) is 12.5. The molecule has 0 aliphatic carbocycles. The zero-order valence-electron chi connectivity index (χ0n) is 10.1. The Morgan fingerprint density at radius 1 is 1.56 bits per heavy atom. The Balaban J connectivity index is 1.77. The number of hydrogen-bond donors (Lipinski definition) is 2. The van der Waals surface area contributed by atoms with Crippen LogP contribution >= 0.6 is 11.5 Å². The van der Waals surface area contributed by atoms with Crippen molar-refractivity contribution in [3.8, 4) is 11.5 Å². The molecule has 2 aromatic rings. The number of nitrogens with two attached hydrogens (primary N) is 1. The molecule has 2 atom stereocenters. The van der Waals surface area contributed by atoms with Crippen LogP contribution in [0.4, 0.5) is 5.95 Å². The second-order valence-electron chi connectivity index (χ2n) is 4.65. The van der Waals surface area contributed by atoms with Crippen LogP contribution in [-0.4, -0.2) is 43.9 Å². The van der Waals surface area contributed by atoms with Crippen LogP contribution in [0, 0.1) is 5.92 Å². The molecule has 2 unspecified atom stereocenters. The molecule has 3 N–H and O–H groups in total. The molecule has 7 nitrogen and oxygen atoms in total. The number of anilines is 1. The van der Waals surface area contributed by atoms with Crippen LogP contribution in [0.3, 0.4) is 0 Å². The summed E-state index contributed by atoms with van der Waals surface area (Å²) in [7, 11) is 0. The van der Waals surface area contributed by atoms with Crippen molar-refractivity contribution in [1.29, 1.82) is 0 Å². The van der Waals surface area contributed by atoms with Gasteiger partial charge in [0.25, 0.3) is 0 Å². The van der Waals surface area contributed by atoms with E-state index in [1.807, 2.05) is 5.38 Å². The van der Waals surface area contributed by atoms with E-state index in [1.165, 1.54) is 11.5 Å². The molecule has 0 spiro atoms. The van der Waals surface area contributed by atoms with Crippen molar-refractivity contribution >= 4 is 17.5 Å². The van der Waals surface area contributed by atoms with Crippen molar-refractivity contribution in [2.24, 2.45) is 11.7 Å². The van der Waals surface area contributed by atoms with Crippen molar-refractivity contribution in [2.45, 2.75) is 19.4 Å². The lowest BCUT2D eigenvalue weighted by Gasteiger charge is -2.34. The van der Waals surface area contributed by atoms with Gasteiger partial charge in [0.1, 0.15) is 5.69 Å². The van der Waals surface area contributed by atoms with Crippen LogP contribution in [0.5, 0.6) is 0 Å². The van der Waals surface area contributed by atoms with Gasteiger partial charge in [0, 0.05) is 24.5 Å². The predicted molar refractivity (Wildman–Crippen MR) is 69.3 cm³/mol. The molecule has 18 heavy (non-hydrogen) atoms. The van der Waals surface area contributed by atoms with Gasteiger partial charge in [-0.15, -0.1) is 10.2 Å². The minimum Gasteiger partial charge on any atom is -0.338 e. The van der Waals surface area contributed by atoms with Crippen LogP contribution in [0.2, 0.25) is 0 Å². The second kappa shape index (κ2) is 4.62. The molecular formula is C10H15N7S. The molecule has 1 aliphatic rings. The molecular weight excluding hydrogens is 250 g/mol. The molecule has 0 saturated carbocycles. The number of hydrogen-bond acceptors (Lipinski definition) is 7. The molecule has 1 aliphatic heterocycles. The summed E-state index contributed by atoms with van der Waals surface area (Å²) in [5.41, 5.74) is 6.81. The number of nitrogens with one attached hydrogen (secondary N) is 1. The van der Waals surface area contributed by atoms with Crippen LogP contribution in [-0.2, 0) is 0 Å². The van der Waals surface area contributed by atoms with Crippen molar-refractivity contribution in [3.05, 3.63) is 5.38 Å². The highest BCUT2D eigenvalue weighted by Gasteiger charge is 2.25. The van der Waals surface area contributed by atoms with Gasteiger partial charge in [0.15, 0.2) is 5.82 Å². The Hall–Kier alpha value is -1.54. The lowest BCUT2D eigenvalue weighted by Crippen LogP contribution is -2.48. The van der Waals surface area contributed by atoms with Gasteiger partial charge in [-0.1, -0.05) is 11.4 Å². The summed E-state index contributed by atoms with van der Waals surface area (Å²) in [5, 5.41) is 12.9. The lowest BCUT2D eigenvalue weighted by atomic mass is 9.95. The standard InChI is InChI=1S/C10H15N7S/c1-6-2-3-17(4-7(6)11)10-12-9(14-15-10)8-5-18-16-13-8/h5-7H,2-4,11H2,1H3,(H,12,14,15). The molecule has 0 bridgehead atoms. The number of rotatable bonds is 2. The molecule has 3 rings (SSSR count). The Bertz CT molecular complexity index is 508. The maximum atomic E-state index is 6.08. The molecule has 0 radical (unpaired) electrons. The summed E-state index contributed by atoms with van der Waals surface area (Å²) >= 11 is 1.30. The third-order valence-electron chi connectivity index (χ3n) is 3.38. The highest BCUT2D eigenvalue weighted by Crippen LogP contribution is 2.21. The van der Waals surface area contributed by atoms with E-state index >= 15 is 0 Å². The minimum absolute atomic E-state index is 0.182. The maximum absolute atomic E-state index is 6.08. The van der Waals surface area contributed by atoms with Crippen LogP contribution in [0.15, 0.2) is 5.38 Å². The summed E-state index contributed by atoms with van der Waals surface area (Å²) in [4.78, 5) is 6.56. The van der Waals surface area contributed by atoms with Crippen LogP contribution < -0.4 is 10.6 Å². The average molecular weight is 265 g/mol. The number of piperidine rings is 1. The summed E-state index contributed by atoms with van der Waals surface area (Å²) in [6, 6.07) is 0.182. The molecule has 8 heteroatoms. The average Bonchev–Trinajstić information content (AvgIpc) is 3.01. The van der Waals surface area contributed by atoms with Gasteiger partial charge in [-0.05, 0) is 23.9 Å². The Kier molecular flexibility index (Phi) is 2.96. The third kappa shape index (κ3) is 2.08. The predicted octanol–water partition coefficient (Wildman–Crippen LogP) is 0.497. The molecule has 3 heterocycles. The topological polar surface area (TPSA) is 96.6 Å². The highest BCUT2D eigenvalue weighted by atomic mass is 32.1. The van der Waals surface area contributed by atoms with E-state index in [1.54, 1.807) is 0 Å². The smallest absolute Gasteiger partial charge is 0.245 e. The Morgan fingerprint density at radius 2 is 2.44 bits per heavy atom. The van der Waals surface area contributed by atoms with Gasteiger partial charge < -0.3 is 10.6 Å². The van der Waals surface area contributed by atoms with E-state index < -0.39 is 0 Å². The monoisotopic (exact) mass is 265 g/mol. The van der Waals surface area contributed by atoms with Gasteiger partial charge >= 0.3 is 0 Å². The fourth-order valence-corrected chi connectivity index (χ4v) is 2.50. The first-order chi connectivity index (χ1) is 8.74. The van der Waals surface area contributed by atoms with Gasteiger partial charge in [0.2, 0.25) is 5.95 Å². The van der Waals surface area contributed by atoms with E-state index in [2.05, 4.69) is 36.6 Å². The number of aromatic amines is 1. The van der Waals surface area contributed by atoms with Gasteiger partial charge in [-0.3, -0.25) is 5.10 Å². The largest absolute Gasteiger partial charge is 0.338 e. The summed E-state index contributed by atoms with van der Waals surface area (Å²) in [5.74, 6) is 1.91. The van der Waals surface area contributed by atoms with E-state index in [-0.39, 0.29) is 6.04 Å². The van der Waals surface area contributed by atoms with E-state index in [9.17, 15) is 0 Å².